The van der Waals surface area contributed by atoms with Gasteiger partial charge in [-0.15, -0.1) is 11.3 Å². The van der Waals surface area contributed by atoms with Crippen molar-refractivity contribution in [2.75, 3.05) is 0 Å². The molecule has 2 aromatic heterocycles. The van der Waals surface area contributed by atoms with E-state index in [0.717, 1.165) is 55.8 Å². The van der Waals surface area contributed by atoms with Crippen LogP contribution in [0.4, 0.5) is 0 Å². The van der Waals surface area contributed by atoms with E-state index in [-0.39, 0.29) is 0 Å². The molecule has 11 aromatic rings. The van der Waals surface area contributed by atoms with Crippen LogP contribution in [0.25, 0.3) is 116 Å². The van der Waals surface area contributed by atoms with E-state index in [9.17, 15) is 0 Å². The normalized spacial score (nSPS) is 13.6. The number of thiophene rings is 1. The van der Waals surface area contributed by atoms with Gasteiger partial charge in [-0.05, 0) is 102 Å². The molecule has 62 heavy (non-hydrogen) atoms. The molecule has 0 saturated carbocycles. The van der Waals surface area contributed by atoms with E-state index in [1.807, 2.05) is 11.3 Å². The van der Waals surface area contributed by atoms with Crippen LogP contribution in [0.15, 0.2) is 194 Å². The van der Waals surface area contributed by atoms with E-state index < -0.39 is 0 Å². The number of hydrogen-bond acceptors (Lipinski definition) is 4. The van der Waals surface area contributed by atoms with Gasteiger partial charge in [0.15, 0.2) is 17.5 Å². The maximum Gasteiger partial charge on any atom is 0.165 e. The Kier molecular flexibility index (Phi) is 8.72. The predicted octanol–water partition coefficient (Wildman–Crippen LogP) is 15.8. The van der Waals surface area contributed by atoms with E-state index in [1.54, 1.807) is 0 Å². The fourth-order valence-electron chi connectivity index (χ4n) is 9.49. The van der Waals surface area contributed by atoms with Crippen LogP contribution in [0, 0.1) is 5.92 Å². The topological polar surface area (TPSA) is 38.7 Å². The molecule has 3 nitrogen and oxygen atoms in total. The average Bonchev–Trinajstić information content (AvgIpc) is 3.71. The van der Waals surface area contributed by atoms with Crippen molar-refractivity contribution in [2.45, 2.75) is 13.3 Å². The van der Waals surface area contributed by atoms with Crippen LogP contribution in [-0.4, -0.2) is 15.0 Å². The third-order valence-electron chi connectivity index (χ3n) is 12.5. The van der Waals surface area contributed by atoms with Gasteiger partial charge >= 0.3 is 0 Å². The van der Waals surface area contributed by atoms with E-state index in [0.29, 0.717) is 23.4 Å². The highest BCUT2D eigenvalue weighted by Crippen LogP contribution is 2.45. The Morgan fingerprint density at radius 2 is 0.984 bits per heavy atom. The lowest BCUT2D eigenvalue weighted by Crippen LogP contribution is -2.02. The molecule has 1 atom stereocenters. The molecule has 0 spiro atoms. The van der Waals surface area contributed by atoms with Gasteiger partial charge in [0.05, 0.1) is 0 Å². The molecule has 4 heteroatoms. The minimum atomic E-state index is 0.505. The zero-order valence-electron chi connectivity index (χ0n) is 34.1. The van der Waals surface area contributed by atoms with E-state index >= 15 is 0 Å². The number of nitrogens with zero attached hydrogens (tertiary/aromatic N) is 3. The maximum absolute atomic E-state index is 5.55. The Hall–Kier alpha value is -7.53. The molecule has 0 amide bonds. The summed E-state index contributed by atoms with van der Waals surface area (Å²) in [6.07, 6.45) is 5.68. The maximum atomic E-state index is 5.55. The molecule has 0 fully saturated rings. The highest BCUT2D eigenvalue weighted by Gasteiger charge is 2.24. The second-order valence-corrected chi connectivity index (χ2v) is 17.5. The van der Waals surface area contributed by atoms with Crippen LogP contribution < -0.4 is 0 Å². The molecule has 0 radical (unpaired) electrons. The van der Waals surface area contributed by atoms with Crippen LogP contribution in [0.3, 0.4) is 0 Å². The lowest BCUT2D eigenvalue weighted by molar-refractivity contribution is 0.728. The first kappa shape index (κ1) is 36.3. The molecule has 1 aliphatic carbocycles. The second kappa shape index (κ2) is 14.9. The Morgan fingerprint density at radius 1 is 0.419 bits per heavy atom. The summed E-state index contributed by atoms with van der Waals surface area (Å²) in [6, 6.07) is 67.4. The minimum Gasteiger partial charge on any atom is -0.208 e. The first-order valence-corrected chi connectivity index (χ1v) is 22.1. The van der Waals surface area contributed by atoms with Gasteiger partial charge in [0.2, 0.25) is 0 Å². The second-order valence-electron chi connectivity index (χ2n) is 16.4. The van der Waals surface area contributed by atoms with Crippen molar-refractivity contribution >= 4 is 59.8 Å². The average molecular weight is 810 g/mol. The Labute approximate surface area is 364 Å². The highest BCUT2D eigenvalue weighted by molar-refractivity contribution is 7.20. The van der Waals surface area contributed by atoms with Gasteiger partial charge in [0.25, 0.3) is 0 Å². The molecular formula is C58H39N3S. The SMILES string of the molecule is CC1C=Cc2c(sc3c(-c4nc(-c5c(-c6cccc7ccccc67)ccc6ccccc56)nc(-c5ccc(-c6cccc(-c7ccccc7)c6)c6ccccc56)n4)cccc23)C1. The van der Waals surface area contributed by atoms with Crippen molar-refractivity contribution in [3.8, 4) is 67.5 Å². The lowest BCUT2D eigenvalue weighted by atomic mass is 9.90. The molecule has 2 heterocycles. The predicted molar refractivity (Wildman–Crippen MR) is 262 cm³/mol. The number of aromatic nitrogens is 3. The minimum absolute atomic E-state index is 0.505. The number of hydrogen-bond donors (Lipinski definition) is 0. The van der Waals surface area contributed by atoms with Crippen molar-refractivity contribution in [1.29, 1.82) is 0 Å². The summed E-state index contributed by atoms with van der Waals surface area (Å²) in [7, 11) is 0. The smallest absolute Gasteiger partial charge is 0.165 e. The van der Waals surface area contributed by atoms with Crippen LogP contribution in [0.2, 0.25) is 0 Å². The highest BCUT2D eigenvalue weighted by atomic mass is 32.1. The van der Waals surface area contributed by atoms with E-state index in [1.165, 1.54) is 53.6 Å². The van der Waals surface area contributed by atoms with Crippen LogP contribution in [-0.2, 0) is 6.42 Å². The molecule has 9 aromatic carbocycles. The fraction of sp³-hybridized carbons (Fsp3) is 0.0517. The number of rotatable bonds is 6. The standard InChI is InChI=1S/C58H39N3S/c1-36-28-30-48-50-26-13-27-52(55(50)62-53(48)34-36)57-59-56(51-33-32-43(45-23-9-10-24-47(45)51)41-20-11-19-40(35-41)37-14-3-2-4-15-37)60-58(61-57)54-44-22-8-6-17-39(44)29-31-49(54)46-25-12-18-38-16-5-7-21-42(38)46/h2-33,35-36H,34H2,1H3. The molecule has 0 aliphatic heterocycles. The molecule has 0 N–H and O–H groups in total. The van der Waals surface area contributed by atoms with E-state index in [2.05, 4.69) is 207 Å². The summed E-state index contributed by atoms with van der Waals surface area (Å²) in [5.74, 6) is 2.48. The van der Waals surface area contributed by atoms with Gasteiger partial charge in [-0.3, -0.25) is 0 Å². The summed E-state index contributed by atoms with van der Waals surface area (Å²) in [5.41, 5.74) is 11.3. The number of benzene rings is 9. The van der Waals surface area contributed by atoms with Gasteiger partial charge in [0, 0.05) is 31.7 Å². The summed E-state index contributed by atoms with van der Waals surface area (Å²) < 4.78 is 1.21. The van der Waals surface area contributed by atoms with Gasteiger partial charge in [-0.1, -0.05) is 189 Å². The zero-order valence-corrected chi connectivity index (χ0v) is 34.9. The van der Waals surface area contributed by atoms with Gasteiger partial charge in [-0.25, -0.2) is 15.0 Å². The summed E-state index contributed by atoms with van der Waals surface area (Å²) in [5, 5.41) is 8.11. The van der Waals surface area contributed by atoms with Crippen molar-refractivity contribution in [3.63, 3.8) is 0 Å². The van der Waals surface area contributed by atoms with Gasteiger partial charge in [-0.2, -0.15) is 0 Å². The summed E-state index contributed by atoms with van der Waals surface area (Å²) >= 11 is 1.88. The van der Waals surface area contributed by atoms with Gasteiger partial charge < -0.3 is 0 Å². The Balaban J connectivity index is 1.13. The quantitative estimate of drug-likeness (QED) is 0.168. The molecule has 1 unspecified atom stereocenters. The summed E-state index contributed by atoms with van der Waals surface area (Å²) in [4.78, 5) is 18.0. The first-order valence-electron chi connectivity index (χ1n) is 21.3. The molecule has 292 valence electrons. The van der Waals surface area contributed by atoms with Crippen LogP contribution in [0.5, 0.6) is 0 Å². The number of fused-ring (bicyclic) bond motifs is 6. The van der Waals surface area contributed by atoms with Crippen molar-refractivity contribution in [2.24, 2.45) is 5.92 Å². The molecule has 0 bridgehead atoms. The third-order valence-corrected chi connectivity index (χ3v) is 13.8. The van der Waals surface area contributed by atoms with Crippen LogP contribution >= 0.6 is 11.3 Å². The molecule has 1 aliphatic rings. The van der Waals surface area contributed by atoms with Crippen molar-refractivity contribution < 1.29 is 0 Å². The van der Waals surface area contributed by atoms with Crippen molar-refractivity contribution in [3.05, 3.63) is 205 Å². The van der Waals surface area contributed by atoms with Crippen molar-refractivity contribution in [1.82, 2.24) is 15.0 Å². The number of allylic oxidation sites excluding steroid dienone is 1. The molecule has 0 saturated heterocycles. The lowest BCUT2D eigenvalue weighted by Gasteiger charge is -2.17. The monoisotopic (exact) mass is 809 g/mol. The van der Waals surface area contributed by atoms with Crippen LogP contribution in [0.1, 0.15) is 17.4 Å². The summed E-state index contributed by atoms with van der Waals surface area (Å²) in [6.45, 7) is 2.29. The largest absolute Gasteiger partial charge is 0.208 e. The zero-order chi connectivity index (χ0) is 41.1. The Bertz CT molecular complexity index is 3580. The Morgan fingerprint density at radius 3 is 1.82 bits per heavy atom. The molecule has 12 rings (SSSR count). The first-order chi connectivity index (χ1) is 30.6. The van der Waals surface area contributed by atoms with Gasteiger partial charge in [0.1, 0.15) is 0 Å². The van der Waals surface area contributed by atoms with E-state index in [4.69, 9.17) is 15.0 Å². The third kappa shape index (κ3) is 6.14. The molecular weight excluding hydrogens is 771 g/mol. The fourth-order valence-corrected chi connectivity index (χ4v) is 10.9.